The molecule has 4 heteroatoms. The summed E-state index contributed by atoms with van der Waals surface area (Å²) in [4.78, 5) is 16.2. The van der Waals surface area contributed by atoms with Crippen molar-refractivity contribution < 1.29 is 9.90 Å². The Labute approximate surface area is 139 Å². The molecule has 0 heterocycles. The number of nitrogens with two attached hydrogens (primary N) is 1. The first-order chi connectivity index (χ1) is 11.7. The normalized spacial score (nSPS) is 11.2. The summed E-state index contributed by atoms with van der Waals surface area (Å²) in [7, 11) is 0. The molecular weight excluding hydrogens is 300 g/mol. The van der Waals surface area contributed by atoms with Crippen molar-refractivity contribution in [3.8, 4) is 16.9 Å². The molecule has 0 aliphatic carbocycles. The molecule has 118 valence electrons. The van der Waals surface area contributed by atoms with Gasteiger partial charge in [0, 0.05) is 5.56 Å². The van der Waals surface area contributed by atoms with Gasteiger partial charge in [-0.1, -0.05) is 66.7 Å². The van der Waals surface area contributed by atoms with Crippen LogP contribution in [0.1, 0.15) is 15.9 Å². The van der Waals surface area contributed by atoms with Crippen molar-refractivity contribution in [3.05, 3.63) is 90.0 Å². The third kappa shape index (κ3) is 3.17. The molecular formula is C20H16N2O2. The first-order valence-corrected chi connectivity index (χ1v) is 7.48. The second-order valence-electron chi connectivity index (χ2n) is 5.23. The zero-order chi connectivity index (χ0) is 16.9. The van der Waals surface area contributed by atoms with Gasteiger partial charge < -0.3 is 10.8 Å². The zero-order valence-corrected chi connectivity index (χ0v) is 12.9. The van der Waals surface area contributed by atoms with Gasteiger partial charge in [0.1, 0.15) is 11.6 Å². The highest BCUT2D eigenvalue weighted by atomic mass is 16.3. The number of para-hydroxylation sites is 1. The molecule has 0 saturated heterocycles. The predicted molar refractivity (Wildman–Crippen MR) is 95.0 cm³/mol. The van der Waals surface area contributed by atoms with Crippen molar-refractivity contribution >= 4 is 11.7 Å². The number of aromatic hydroxyl groups is 1. The first-order valence-electron chi connectivity index (χ1n) is 7.48. The highest BCUT2D eigenvalue weighted by molar-refractivity contribution is 6.12. The minimum absolute atomic E-state index is 0.114. The Kier molecular flexibility index (Phi) is 4.38. The summed E-state index contributed by atoms with van der Waals surface area (Å²) >= 11 is 0. The van der Waals surface area contributed by atoms with Crippen LogP contribution in [0.5, 0.6) is 5.75 Å². The largest absolute Gasteiger partial charge is 0.507 e. The van der Waals surface area contributed by atoms with Gasteiger partial charge in [-0.15, -0.1) is 0 Å². The van der Waals surface area contributed by atoms with Gasteiger partial charge in [-0.25, -0.2) is 0 Å². The molecule has 3 aromatic rings. The number of hydrogen-bond acceptors (Lipinski definition) is 2. The molecule has 3 aromatic carbocycles. The Bertz CT molecular complexity index is 902. The van der Waals surface area contributed by atoms with E-state index in [1.807, 2.05) is 54.6 Å². The van der Waals surface area contributed by atoms with E-state index in [1.165, 1.54) is 12.1 Å². The molecule has 0 saturated carbocycles. The summed E-state index contributed by atoms with van der Waals surface area (Å²) in [6.45, 7) is 0. The van der Waals surface area contributed by atoms with Gasteiger partial charge in [-0.05, 0) is 23.3 Å². The number of hydrogen-bond donors (Lipinski definition) is 2. The molecule has 3 rings (SSSR count). The van der Waals surface area contributed by atoms with Gasteiger partial charge in [0.05, 0.1) is 5.56 Å². The van der Waals surface area contributed by atoms with E-state index in [0.29, 0.717) is 5.56 Å². The molecule has 0 atom stereocenters. The van der Waals surface area contributed by atoms with E-state index in [-0.39, 0.29) is 17.1 Å². The van der Waals surface area contributed by atoms with Crippen LogP contribution in [0.15, 0.2) is 83.9 Å². The van der Waals surface area contributed by atoms with Gasteiger partial charge in [0.25, 0.3) is 5.91 Å². The monoisotopic (exact) mass is 316 g/mol. The summed E-state index contributed by atoms with van der Waals surface area (Å²) < 4.78 is 0. The highest BCUT2D eigenvalue weighted by Crippen LogP contribution is 2.24. The fraction of sp³-hybridized carbons (Fsp3) is 0. The standard InChI is InChI=1S/C20H16N2O2/c21-19(22-20(24)17-12-6-7-13-18(17)23)16-11-5-4-10-15(16)14-8-2-1-3-9-14/h1-13,23H,(H2,21,22,24). The molecule has 0 aliphatic rings. The van der Waals surface area contributed by atoms with Crippen LogP contribution in [-0.4, -0.2) is 16.8 Å². The number of carbonyl (C=O) groups is 1. The quantitative estimate of drug-likeness (QED) is 0.572. The van der Waals surface area contributed by atoms with Crippen LogP contribution in [0, 0.1) is 0 Å². The lowest BCUT2D eigenvalue weighted by atomic mass is 9.99. The average Bonchev–Trinajstić information content (AvgIpc) is 2.62. The van der Waals surface area contributed by atoms with Crippen LogP contribution in [0.2, 0.25) is 0 Å². The van der Waals surface area contributed by atoms with Crippen LogP contribution in [-0.2, 0) is 0 Å². The summed E-state index contributed by atoms with van der Waals surface area (Å²) in [5.74, 6) is -0.577. The lowest BCUT2D eigenvalue weighted by molar-refractivity contribution is 0.100. The van der Waals surface area contributed by atoms with Gasteiger partial charge >= 0.3 is 0 Å². The van der Waals surface area contributed by atoms with E-state index in [1.54, 1.807) is 12.1 Å². The number of amides is 1. The summed E-state index contributed by atoms with van der Waals surface area (Å²) in [6.07, 6.45) is 0. The van der Waals surface area contributed by atoms with Gasteiger partial charge in [-0.3, -0.25) is 4.79 Å². The Morgan fingerprint density at radius 1 is 0.792 bits per heavy atom. The van der Waals surface area contributed by atoms with Crippen LogP contribution >= 0.6 is 0 Å². The third-order valence-electron chi connectivity index (χ3n) is 3.64. The summed E-state index contributed by atoms with van der Waals surface area (Å²) in [6, 6.07) is 23.5. The van der Waals surface area contributed by atoms with Crippen LogP contribution in [0.25, 0.3) is 11.1 Å². The maximum Gasteiger partial charge on any atom is 0.282 e. The second kappa shape index (κ2) is 6.79. The van der Waals surface area contributed by atoms with Crippen LogP contribution in [0.3, 0.4) is 0 Å². The van der Waals surface area contributed by atoms with Gasteiger partial charge in [0.15, 0.2) is 0 Å². The van der Waals surface area contributed by atoms with E-state index in [9.17, 15) is 9.90 Å². The third-order valence-corrected chi connectivity index (χ3v) is 3.64. The fourth-order valence-electron chi connectivity index (χ4n) is 2.46. The minimum Gasteiger partial charge on any atom is -0.507 e. The molecule has 0 radical (unpaired) electrons. The summed E-state index contributed by atoms with van der Waals surface area (Å²) in [5, 5.41) is 9.77. The molecule has 3 N–H and O–H groups in total. The van der Waals surface area contributed by atoms with Crippen molar-refractivity contribution in [3.63, 3.8) is 0 Å². The Morgan fingerprint density at radius 2 is 1.38 bits per heavy atom. The molecule has 0 aromatic heterocycles. The van der Waals surface area contributed by atoms with Crippen molar-refractivity contribution in [2.45, 2.75) is 0 Å². The number of benzene rings is 3. The number of phenolic OH excluding ortho intramolecular Hbond substituents is 1. The smallest absolute Gasteiger partial charge is 0.282 e. The SMILES string of the molecule is NC(=NC(=O)c1ccccc1O)c1ccccc1-c1ccccc1. The highest BCUT2D eigenvalue weighted by Gasteiger charge is 2.13. The van der Waals surface area contributed by atoms with Crippen molar-refractivity contribution in [1.82, 2.24) is 0 Å². The average molecular weight is 316 g/mol. The van der Waals surface area contributed by atoms with Crippen molar-refractivity contribution in [2.75, 3.05) is 0 Å². The van der Waals surface area contributed by atoms with Crippen LogP contribution in [0.4, 0.5) is 0 Å². The maximum absolute atomic E-state index is 12.3. The Balaban J connectivity index is 2.01. The van der Waals surface area contributed by atoms with E-state index in [4.69, 9.17) is 5.73 Å². The molecule has 0 spiro atoms. The lowest BCUT2D eigenvalue weighted by Gasteiger charge is -2.09. The maximum atomic E-state index is 12.3. The molecule has 24 heavy (non-hydrogen) atoms. The number of carbonyl (C=O) groups excluding carboxylic acids is 1. The Hall–Kier alpha value is -3.40. The van der Waals surface area contributed by atoms with Crippen molar-refractivity contribution in [1.29, 1.82) is 0 Å². The van der Waals surface area contributed by atoms with E-state index in [0.717, 1.165) is 11.1 Å². The molecule has 4 nitrogen and oxygen atoms in total. The molecule has 0 fully saturated rings. The second-order valence-corrected chi connectivity index (χ2v) is 5.23. The van der Waals surface area contributed by atoms with E-state index in [2.05, 4.69) is 4.99 Å². The number of aliphatic imine (C=N–C) groups is 1. The number of amidine groups is 1. The number of nitrogens with zero attached hydrogens (tertiary/aromatic N) is 1. The lowest BCUT2D eigenvalue weighted by Crippen LogP contribution is -2.17. The minimum atomic E-state index is -0.575. The predicted octanol–water partition coefficient (Wildman–Crippen LogP) is 3.60. The number of phenols is 1. The van der Waals surface area contributed by atoms with E-state index < -0.39 is 5.91 Å². The van der Waals surface area contributed by atoms with Gasteiger partial charge in [-0.2, -0.15) is 4.99 Å². The fourth-order valence-corrected chi connectivity index (χ4v) is 2.46. The molecule has 1 amide bonds. The number of rotatable bonds is 3. The molecule has 0 bridgehead atoms. The topological polar surface area (TPSA) is 75.7 Å². The van der Waals surface area contributed by atoms with Gasteiger partial charge in [0.2, 0.25) is 0 Å². The zero-order valence-electron chi connectivity index (χ0n) is 12.9. The van der Waals surface area contributed by atoms with E-state index >= 15 is 0 Å². The summed E-state index contributed by atoms with van der Waals surface area (Å²) in [5.41, 5.74) is 8.75. The van der Waals surface area contributed by atoms with Crippen molar-refractivity contribution in [2.24, 2.45) is 10.7 Å². The Morgan fingerprint density at radius 3 is 2.08 bits per heavy atom. The molecule has 0 aliphatic heterocycles. The molecule has 0 unspecified atom stereocenters. The first kappa shape index (κ1) is 15.5. The van der Waals surface area contributed by atoms with Crippen LogP contribution < -0.4 is 5.73 Å².